The van der Waals surface area contributed by atoms with E-state index in [-0.39, 0.29) is 12.3 Å². The zero-order valence-corrected chi connectivity index (χ0v) is 11.9. The van der Waals surface area contributed by atoms with Crippen LogP contribution < -0.4 is 0 Å². The van der Waals surface area contributed by atoms with E-state index in [1.807, 2.05) is 6.92 Å². The summed E-state index contributed by atoms with van der Waals surface area (Å²) in [6.07, 6.45) is 0.416. The summed E-state index contributed by atoms with van der Waals surface area (Å²) in [5, 5.41) is 4.14. The van der Waals surface area contributed by atoms with Gasteiger partial charge in [0.05, 0.1) is 6.61 Å². The van der Waals surface area contributed by atoms with Crippen LogP contribution in [0.25, 0.3) is 0 Å². The second-order valence-corrected chi connectivity index (χ2v) is 4.64. The van der Waals surface area contributed by atoms with Gasteiger partial charge in [0.1, 0.15) is 11.6 Å². The van der Waals surface area contributed by atoms with E-state index in [4.69, 9.17) is 4.74 Å². The first-order valence-electron chi connectivity index (χ1n) is 6.66. The molecule has 2 rings (SSSR count). The summed E-state index contributed by atoms with van der Waals surface area (Å²) < 4.78 is 32.7. The molecule has 0 unspecified atom stereocenters. The Labute approximate surface area is 121 Å². The minimum absolute atomic E-state index is 0.236. The van der Waals surface area contributed by atoms with Gasteiger partial charge in [0.2, 0.25) is 0 Å². The van der Waals surface area contributed by atoms with Crippen molar-refractivity contribution >= 4 is 5.97 Å². The van der Waals surface area contributed by atoms with Crippen LogP contribution in [0.4, 0.5) is 8.78 Å². The largest absolute Gasteiger partial charge is 0.461 e. The van der Waals surface area contributed by atoms with Gasteiger partial charge in [0, 0.05) is 18.3 Å². The highest BCUT2D eigenvalue weighted by Crippen LogP contribution is 2.11. The summed E-state index contributed by atoms with van der Waals surface area (Å²) in [4.78, 5) is 11.6. The quantitative estimate of drug-likeness (QED) is 0.796. The van der Waals surface area contributed by atoms with Crippen LogP contribution in [0.1, 0.15) is 28.7 Å². The van der Waals surface area contributed by atoms with Gasteiger partial charge in [-0.2, -0.15) is 5.10 Å². The fourth-order valence-electron chi connectivity index (χ4n) is 2.03. The predicted octanol–water partition coefficient (Wildman–Crippen LogP) is 2.89. The monoisotopic (exact) mass is 294 g/mol. The highest BCUT2D eigenvalue weighted by molar-refractivity contribution is 5.87. The molecule has 0 amide bonds. The molecule has 0 saturated heterocycles. The van der Waals surface area contributed by atoms with E-state index in [1.165, 1.54) is 12.1 Å². The maximum absolute atomic E-state index is 13.1. The molecule has 1 aromatic carbocycles. The number of hydrogen-bond donors (Lipinski definition) is 0. The smallest absolute Gasteiger partial charge is 0.358 e. The molecule has 0 aliphatic heterocycles. The fraction of sp³-hybridized carbons (Fsp3) is 0.333. The van der Waals surface area contributed by atoms with Gasteiger partial charge in [-0.1, -0.05) is 0 Å². The van der Waals surface area contributed by atoms with E-state index in [9.17, 15) is 13.6 Å². The molecule has 0 atom stereocenters. The summed E-state index contributed by atoms with van der Waals surface area (Å²) in [5.41, 5.74) is 1.56. The third kappa shape index (κ3) is 3.87. The molecule has 0 aliphatic carbocycles. The molecule has 0 N–H and O–H groups in total. The normalized spacial score (nSPS) is 10.7. The molecule has 0 radical (unpaired) electrons. The molecule has 1 heterocycles. The maximum atomic E-state index is 13.1. The highest BCUT2D eigenvalue weighted by Gasteiger charge is 2.13. The average molecular weight is 294 g/mol. The van der Waals surface area contributed by atoms with Gasteiger partial charge in [0.25, 0.3) is 0 Å². The SMILES string of the molecule is CCOC(=O)c1cc(C)n(CCc2cc(F)cc(F)c2)n1. The van der Waals surface area contributed by atoms with Crippen molar-refractivity contribution in [1.29, 1.82) is 0 Å². The molecule has 0 saturated carbocycles. The number of hydrogen-bond acceptors (Lipinski definition) is 3. The molecule has 0 aliphatic rings. The van der Waals surface area contributed by atoms with Crippen molar-refractivity contribution in [3.63, 3.8) is 0 Å². The Bertz CT molecular complexity index is 633. The van der Waals surface area contributed by atoms with Gasteiger partial charge in [-0.3, -0.25) is 4.68 Å². The Kier molecular flexibility index (Phi) is 4.67. The van der Waals surface area contributed by atoms with Crippen LogP contribution in [-0.4, -0.2) is 22.4 Å². The second kappa shape index (κ2) is 6.47. The lowest BCUT2D eigenvalue weighted by atomic mass is 10.1. The van der Waals surface area contributed by atoms with Crippen molar-refractivity contribution in [2.45, 2.75) is 26.8 Å². The number of benzene rings is 1. The lowest BCUT2D eigenvalue weighted by molar-refractivity contribution is 0.0518. The van der Waals surface area contributed by atoms with Crippen molar-refractivity contribution < 1.29 is 18.3 Å². The van der Waals surface area contributed by atoms with Crippen molar-refractivity contribution in [1.82, 2.24) is 9.78 Å². The standard InChI is InChI=1S/C15H16F2N2O2/c1-3-21-15(20)14-6-10(2)19(18-14)5-4-11-7-12(16)9-13(17)8-11/h6-9H,3-5H2,1-2H3. The summed E-state index contributed by atoms with van der Waals surface area (Å²) >= 11 is 0. The van der Waals surface area contributed by atoms with E-state index in [2.05, 4.69) is 5.10 Å². The van der Waals surface area contributed by atoms with Gasteiger partial charge >= 0.3 is 5.97 Å². The zero-order chi connectivity index (χ0) is 15.4. The number of aryl methyl sites for hydroxylation is 3. The average Bonchev–Trinajstić information content (AvgIpc) is 2.77. The van der Waals surface area contributed by atoms with Crippen LogP contribution in [0.2, 0.25) is 0 Å². The van der Waals surface area contributed by atoms with Crippen LogP contribution in [0.15, 0.2) is 24.3 Å². The first-order valence-corrected chi connectivity index (χ1v) is 6.66. The molecular formula is C15H16F2N2O2. The van der Waals surface area contributed by atoms with Gasteiger partial charge in [-0.15, -0.1) is 0 Å². The molecule has 21 heavy (non-hydrogen) atoms. The molecule has 0 bridgehead atoms. The number of carbonyl (C=O) groups excluding carboxylic acids is 1. The minimum Gasteiger partial charge on any atom is -0.461 e. The van der Waals surface area contributed by atoms with Gasteiger partial charge in [0.15, 0.2) is 5.69 Å². The minimum atomic E-state index is -0.602. The van der Waals surface area contributed by atoms with Crippen molar-refractivity contribution in [2.24, 2.45) is 0 Å². The van der Waals surface area contributed by atoms with Gasteiger partial charge < -0.3 is 4.74 Å². The van der Waals surface area contributed by atoms with Crippen molar-refractivity contribution in [2.75, 3.05) is 6.61 Å². The Morgan fingerprint density at radius 3 is 2.52 bits per heavy atom. The van der Waals surface area contributed by atoms with Crippen LogP contribution in [0.5, 0.6) is 0 Å². The maximum Gasteiger partial charge on any atom is 0.358 e. The number of halogens is 2. The first-order chi connectivity index (χ1) is 9.99. The molecule has 4 nitrogen and oxygen atoms in total. The number of ether oxygens (including phenoxy) is 1. The Morgan fingerprint density at radius 1 is 1.24 bits per heavy atom. The molecule has 6 heteroatoms. The Balaban J connectivity index is 2.08. The van der Waals surface area contributed by atoms with E-state index >= 15 is 0 Å². The Hall–Kier alpha value is -2.24. The second-order valence-electron chi connectivity index (χ2n) is 4.64. The van der Waals surface area contributed by atoms with Gasteiger partial charge in [-0.25, -0.2) is 13.6 Å². The van der Waals surface area contributed by atoms with Crippen molar-refractivity contribution in [3.8, 4) is 0 Å². The third-order valence-electron chi connectivity index (χ3n) is 3.00. The number of aromatic nitrogens is 2. The van der Waals surface area contributed by atoms with Crippen molar-refractivity contribution in [3.05, 3.63) is 52.9 Å². The van der Waals surface area contributed by atoms with Crippen LogP contribution in [-0.2, 0) is 17.7 Å². The van der Waals surface area contributed by atoms with E-state index in [1.54, 1.807) is 17.7 Å². The zero-order valence-electron chi connectivity index (χ0n) is 11.9. The topological polar surface area (TPSA) is 44.1 Å². The number of carbonyl (C=O) groups is 1. The van der Waals surface area contributed by atoms with E-state index in [0.29, 0.717) is 18.5 Å². The summed E-state index contributed by atoms with van der Waals surface area (Å²) in [5.74, 6) is -1.68. The van der Waals surface area contributed by atoms with E-state index in [0.717, 1.165) is 11.8 Å². The summed E-state index contributed by atoms with van der Waals surface area (Å²) in [6, 6.07) is 5.04. The highest BCUT2D eigenvalue weighted by atomic mass is 19.1. The lowest BCUT2D eigenvalue weighted by Crippen LogP contribution is -2.09. The van der Waals surface area contributed by atoms with Crippen LogP contribution >= 0.6 is 0 Å². The lowest BCUT2D eigenvalue weighted by Gasteiger charge is -2.05. The molecule has 0 spiro atoms. The first kappa shape index (κ1) is 15.2. The molecule has 2 aromatic rings. The Morgan fingerprint density at radius 2 is 1.90 bits per heavy atom. The van der Waals surface area contributed by atoms with E-state index < -0.39 is 17.6 Å². The summed E-state index contributed by atoms with van der Waals surface area (Å²) in [7, 11) is 0. The summed E-state index contributed by atoms with van der Waals surface area (Å²) in [6.45, 7) is 4.24. The van der Waals surface area contributed by atoms with Crippen LogP contribution in [0.3, 0.4) is 0 Å². The predicted molar refractivity (Wildman–Crippen MR) is 73.0 cm³/mol. The van der Waals surface area contributed by atoms with Crippen LogP contribution in [0, 0.1) is 18.6 Å². The fourth-order valence-corrected chi connectivity index (χ4v) is 2.03. The van der Waals surface area contributed by atoms with Gasteiger partial charge in [-0.05, 0) is 44.0 Å². The molecule has 1 aromatic heterocycles. The number of rotatable bonds is 5. The number of nitrogens with zero attached hydrogens (tertiary/aromatic N) is 2. The number of esters is 1. The third-order valence-corrected chi connectivity index (χ3v) is 3.00. The molecule has 0 fully saturated rings. The molecule has 112 valence electrons. The molecular weight excluding hydrogens is 278 g/mol.